The van der Waals surface area contributed by atoms with Crippen LogP contribution >= 0.6 is 22.9 Å². The quantitative estimate of drug-likeness (QED) is 0.503. The van der Waals surface area contributed by atoms with Gasteiger partial charge < -0.3 is 10.4 Å². The van der Waals surface area contributed by atoms with Gasteiger partial charge in [0.15, 0.2) is 0 Å². The first-order valence-electron chi connectivity index (χ1n) is 5.32. The monoisotopic (exact) mass is 299 g/mol. The Morgan fingerprint density at radius 1 is 1.58 bits per heavy atom. The highest BCUT2D eigenvalue weighted by molar-refractivity contribution is 7.07. The summed E-state index contributed by atoms with van der Waals surface area (Å²) in [5.74, 6) is 0.258. The van der Waals surface area contributed by atoms with E-state index in [2.05, 4.69) is 10.3 Å². The number of nitro groups is 1. The lowest BCUT2D eigenvalue weighted by Gasteiger charge is -2.11. The summed E-state index contributed by atoms with van der Waals surface area (Å²) in [4.78, 5) is 14.0. The molecule has 2 heterocycles. The molecule has 100 valence electrons. The number of thiophene rings is 1. The van der Waals surface area contributed by atoms with Crippen LogP contribution in [0.3, 0.4) is 0 Å². The van der Waals surface area contributed by atoms with Gasteiger partial charge >= 0.3 is 0 Å². The third-order valence-corrected chi connectivity index (χ3v) is 3.29. The Labute approximate surface area is 117 Å². The number of nitrogens with zero attached hydrogens (tertiary/aromatic N) is 2. The molecule has 0 saturated heterocycles. The molecule has 2 aromatic rings. The number of anilines is 1. The van der Waals surface area contributed by atoms with Crippen molar-refractivity contribution in [2.24, 2.45) is 0 Å². The van der Waals surface area contributed by atoms with Crippen LogP contribution in [0.5, 0.6) is 0 Å². The summed E-state index contributed by atoms with van der Waals surface area (Å²) in [6.07, 6.45) is -0.703. The number of aliphatic hydroxyl groups excluding tert-OH is 1. The highest BCUT2D eigenvalue weighted by Gasteiger charge is 2.12. The van der Waals surface area contributed by atoms with Crippen molar-refractivity contribution in [3.05, 3.63) is 49.8 Å². The molecule has 1 atom stereocenters. The van der Waals surface area contributed by atoms with E-state index in [1.54, 1.807) is 0 Å². The molecule has 2 rings (SSSR count). The fourth-order valence-corrected chi connectivity index (χ4v) is 2.37. The number of halogens is 1. The van der Waals surface area contributed by atoms with Gasteiger partial charge in [0.05, 0.1) is 23.2 Å². The zero-order valence-corrected chi connectivity index (χ0v) is 11.2. The summed E-state index contributed by atoms with van der Waals surface area (Å²) in [6, 6.07) is 4.25. The molecule has 0 aromatic carbocycles. The zero-order chi connectivity index (χ0) is 13.8. The van der Waals surface area contributed by atoms with Crippen LogP contribution in [0.25, 0.3) is 0 Å². The van der Waals surface area contributed by atoms with Crippen LogP contribution in [0.4, 0.5) is 11.5 Å². The molecule has 0 amide bonds. The highest BCUT2D eigenvalue weighted by atomic mass is 35.5. The van der Waals surface area contributed by atoms with E-state index in [1.807, 2.05) is 16.8 Å². The van der Waals surface area contributed by atoms with Crippen molar-refractivity contribution < 1.29 is 10.0 Å². The zero-order valence-electron chi connectivity index (χ0n) is 9.62. The summed E-state index contributed by atoms with van der Waals surface area (Å²) in [6.45, 7) is 0.196. The number of hydrogen-bond donors (Lipinski definition) is 2. The van der Waals surface area contributed by atoms with E-state index in [9.17, 15) is 15.2 Å². The van der Waals surface area contributed by atoms with Gasteiger partial charge in [0.25, 0.3) is 5.69 Å². The number of hydrogen-bond acceptors (Lipinski definition) is 6. The maximum Gasteiger partial charge on any atom is 0.276 e. The lowest BCUT2D eigenvalue weighted by atomic mass is 10.2. The fourth-order valence-electron chi connectivity index (χ4n) is 1.46. The summed E-state index contributed by atoms with van der Waals surface area (Å²) >= 11 is 7.18. The molecule has 0 bridgehead atoms. The predicted molar refractivity (Wildman–Crippen MR) is 73.7 cm³/mol. The van der Waals surface area contributed by atoms with Crippen LogP contribution in [0.1, 0.15) is 11.7 Å². The summed E-state index contributed by atoms with van der Waals surface area (Å²) in [7, 11) is 0. The van der Waals surface area contributed by atoms with Gasteiger partial charge in [-0.2, -0.15) is 11.3 Å². The van der Waals surface area contributed by atoms with Gasteiger partial charge in [-0.05, 0) is 22.4 Å². The van der Waals surface area contributed by atoms with Gasteiger partial charge in [0, 0.05) is 6.54 Å². The summed E-state index contributed by atoms with van der Waals surface area (Å²) < 4.78 is 0. The van der Waals surface area contributed by atoms with Gasteiger partial charge in [-0.15, -0.1) is 0 Å². The third kappa shape index (κ3) is 3.63. The predicted octanol–water partition coefficient (Wildman–Crippen LogP) is 2.85. The number of pyridine rings is 1. The molecular formula is C11H10ClN3O3S. The standard InChI is InChI=1S/C11H10ClN3O3S/c12-10-3-8(15(17)18)4-11(14-10)13-5-9(16)7-1-2-19-6-7/h1-4,6,9,16H,5H2,(H,13,14). The lowest BCUT2D eigenvalue weighted by Crippen LogP contribution is -2.12. The molecule has 1 unspecified atom stereocenters. The van der Waals surface area contributed by atoms with Gasteiger partial charge in [-0.25, -0.2) is 4.98 Å². The first kappa shape index (κ1) is 13.7. The van der Waals surface area contributed by atoms with Crippen molar-refractivity contribution in [3.8, 4) is 0 Å². The summed E-state index contributed by atoms with van der Waals surface area (Å²) in [5, 5.41) is 27.1. The van der Waals surface area contributed by atoms with Crippen molar-refractivity contribution in [1.29, 1.82) is 0 Å². The van der Waals surface area contributed by atoms with E-state index in [0.29, 0.717) is 0 Å². The lowest BCUT2D eigenvalue weighted by molar-refractivity contribution is -0.384. The molecular weight excluding hydrogens is 290 g/mol. The smallest absolute Gasteiger partial charge is 0.276 e. The normalized spacial score (nSPS) is 12.1. The molecule has 2 N–H and O–H groups in total. The van der Waals surface area contributed by atoms with Crippen molar-refractivity contribution in [3.63, 3.8) is 0 Å². The molecule has 0 aliphatic carbocycles. The fraction of sp³-hybridized carbons (Fsp3) is 0.182. The minimum absolute atomic E-state index is 0.0294. The van der Waals surface area contributed by atoms with E-state index < -0.39 is 11.0 Å². The molecule has 0 saturated carbocycles. The second-order valence-electron chi connectivity index (χ2n) is 3.74. The Balaban J connectivity index is 2.05. The molecule has 0 aliphatic heterocycles. The van der Waals surface area contributed by atoms with Crippen molar-refractivity contribution >= 4 is 34.4 Å². The maximum atomic E-state index is 10.7. The second-order valence-corrected chi connectivity index (χ2v) is 4.91. The number of aromatic nitrogens is 1. The Bertz CT molecular complexity index is 577. The molecule has 0 fully saturated rings. The van der Waals surface area contributed by atoms with Crippen LogP contribution in [0.2, 0.25) is 5.15 Å². The molecule has 8 heteroatoms. The van der Waals surface area contributed by atoms with E-state index in [1.165, 1.54) is 23.5 Å². The first-order valence-corrected chi connectivity index (χ1v) is 6.64. The molecule has 0 spiro atoms. The number of aliphatic hydroxyl groups is 1. The molecule has 0 aliphatic rings. The van der Waals surface area contributed by atoms with Gasteiger partial charge in [0.2, 0.25) is 0 Å². The largest absolute Gasteiger partial charge is 0.387 e. The van der Waals surface area contributed by atoms with E-state index in [-0.39, 0.29) is 23.2 Å². The summed E-state index contributed by atoms with van der Waals surface area (Å²) in [5.41, 5.74) is 0.640. The van der Waals surface area contributed by atoms with E-state index in [4.69, 9.17) is 11.6 Å². The first-order chi connectivity index (χ1) is 9.06. The topological polar surface area (TPSA) is 88.3 Å². The van der Waals surface area contributed by atoms with Gasteiger partial charge in [0.1, 0.15) is 11.0 Å². The van der Waals surface area contributed by atoms with Gasteiger partial charge in [-0.1, -0.05) is 11.6 Å². The average Bonchev–Trinajstić information content (AvgIpc) is 2.89. The third-order valence-electron chi connectivity index (χ3n) is 2.39. The highest BCUT2D eigenvalue weighted by Crippen LogP contribution is 2.22. The molecule has 6 nitrogen and oxygen atoms in total. The minimum atomic E-state index is -0.703. The molecule has 19 heavy (non-hydrogen) atoms. The van der Waals surface area contributed by atoms with Crippen molar-refractivity contribution in [2.45, 2.75) is 6.10 Å². The Hall–Kier alpha value is -1.70. The Kier molecular flexibility index (Phi) is 4.31. The maximum absolute atomic E-state index is 10.7. The second kappa shape index (κ2) is 5.96. The van der Waals surface area contributed by atoms with Crippen LogP contribution in [-0.2, 0) is 0 Å². The van der Waals surface area contributed by atoms with Crippen molar-refractivity contribution in [1.82, 2.24) is 4.98 Å². The molecule has 0 radical (unpaired) electrons. The van der Waals surface area contributed by atoms with Crippen LogP contribution < -0.4 is 5.32 Å². The number of rotatable bonds is 5. The average molecular weight is 300 g/mol. The van der Waals surface area contributed by atoms with Crippen LogP contribution in [0, 0.1) is 10.1 Å². The number of nitrogens with one attached hydrogen (secondary N) is 1. The van der Waals surface area contributed by atoms with E-state index in [0.717, 1.165) is 5.56 Å². The van der Waals surface area contributed by atoms with Crippen LogP contribution in [0.15, 0.2) is 29.0 Å². The Morgan fingerprint density at radius 2 is 2.37 bits per heavy atom. The van der Waals surface area contributed by atoms with E-state index >= 15 is 0 Å². The SMILES string of the molecule is O=[N+]([O-])c1cc(Cl)nc(NCC(O)c2ccsc2)c1. The van der Waals surface area contributed by atoms with Crippen LogP contribution in [-0.4, -0.2) is 21.6 Å². The molecule has 2 aromatic heterocycles. The van der Waals surface area contributed by atoms with Gasteiger partial charge in [-0.3, -0.25) is 10.1 Å². The van der Waals surface area contributed by atoms with Crippen molar-refractivity contribution in [2.75, 3.05) is 11.9 Å². The Morgan fingerprint density at radius 3 is 3.00 bits per heavy atom. The minimum Gasteiger partial charge on any atom is -0.387 e.